The highest BCUT2D eigenvalue weighted by Crippen LogP contribution is 2.29. The molecule has 2 amide bonds. The predicted molar refractivity (Wildman–Crippen MR) is 76.5 cm³/mol. The molecular weight excluding hydrogens is 256 g/mol. The van der Waals surface area contributed by atoms with Crippen molar-refractivity contribution in [2.45, 2.75) is 76.3 Å². The lowest BCUT2D eigenvalue weighted by atomic mass is 9.81. The zero-order chi connectivity index (χ0) is 14.6. The highest BCUT2D eigenvalue weighted by molar-refractivity contribution is 5.86. The number of hydrogen-bond acceptors (Lipinski definition) is 2. The number of aliphatic carboxylic acids is 1. The van der Waals surface area contributed by atoms with Crippen LogP contribution in [0.25, 0.3) is 0 Å². The van der Waals surface area contributed by atoms with Gasteiger partial charge in [0.1, 0.15) is 5.54 Å². The minimum absolute atomic E-state index is 0.179. The maximum atomic E-state index is 12.1. The van der Waals surface area contributed by atoms with Gasteiger partial charge in [0, 0.05) is 6.04 Å². The summed E-state index contributed by atoms with van der Waals surface area (Å²) in [6.07, 6.45) is 8.35. The van der Waals surface area contributed by atoms with Gasteiger partial charge in [0.15, 0.2) is 0 Å². The van der Waals surface area contributed by atoms with E-state index in [1.165, 1.54) is 6.42 Å². The van der Waals surface area contributed by atoms with Crippen LogP contribution in [0.2, 0.25) is 0 Å². The van der Waals surface area contributed by atoms with Crippen molar-refractivity contribution >= 4 is 12.0 Å². The van der Waals surface area contributed by atoms with Crippen LogP contribution >= 0.6 is 0 Å². The van der Waals surface area contributed by atoms with E-state index < -0.39 is 11.5 Å². The number of amides is 2. The number of carbonyl (C=O) groups excluding carboxylic acids is 1. The Morgan fingerprint density at radius 3 is 2.30 bits per heavy atom. The maximum absolute atomic E-state index is 12.1. The van der Waals surface area contributed by atoms with E-state index in [0.29, 0.717) is 18.8 Å². The molecule has 5 heteroatoms. The molecule has 0 heterocycles. The van der Waals surface area contributed by atoms with E-state index in [2.05, 4.69) is 17.6 Å². The first-order valence-electron chi connectivity index (χ1n) is 7.85. The third-order valence-corrected chi connectivity index (χ3v) is 4.90. The normalized spacial score (nSPS) is 29.4. The number of carboxylic acid groups (broad SMARTS) is 1. The van der Waals surface area contributed by atoms with Crippen LogP contribution in [0, 0.1) is 5.92 Å². The fourth-order valence-electron chi connectivity index (χ4n) is 3.50. The van der Waals surface area contributed by atoms with Crippen LogP contribution in [-0.2, 0) is 4.79 Å². The van der Waals surface area contributed by atoms with Crippen molar-refractivity contribution in [1.82, 2.24) is 10.6 Å². The standard InChI is InChI=1S/C15H26N2O3/c1-11-7-3-4-8-12(11)16-14(20)17-15(13(18)19)9-5-2-6-10-15/h11-12H,2-10H2,1H3,(H,18,19)(H2,16,17,20). The Balaban J connectivity index is 1.93. The monoisotopic (exact) mass is 282 g/mol. The fraction of sp³-hybridized carbons (Fsp3) is 0.867. The molecule has 3 N–H and O–H groups in total. The van der Waals surface area contributed by atoms with Gasteiger partial charge in [-0.25, -0.2) is 9.59 Å². The molecule has 0 spiro atoms. The van der Waals surface area contributed by atoms with Gasteiger partial charge >= 0.3 is 12.0 Å². The Bertz CT molecular complexity index is 364. The average molecular weight is 282 g/mol. The average Bonchev–Trinajstić information content (AvgIpc) is 2.42. The molecular formula is C15H26N2O3. The summed E-state index contributed by atoms with van der Waals surface area (Å²) in [5, 5.41) is 15.2. The summed E-state index contributed by atoms with van der Waals surface area (Å²) in [6.45, 7) is 2.15. The van der Waals surface area contributed by atoms with E-state index in [0.717, 1.165) is 38.5 Å². The summed E-state index contributed by atoms with van der Waals surface area (Å²) in [5.41, 5.74) is -1.06. The number of urea groups is 1. The van der Waals surface area contributed by atoms with E-state index in [4.69, 9.17) is 0 Å². The molecule has 5 nitrogen and oxygen atoms in total. The Hall–Kier alpha value is -1.26. The summed E-state index contributed by atoms with van der Waals surface area (Å²) in [4.78, 5) is 23.7. The molecule has 2 aliphatic rings. The van der Waals surface area contributed by atoms with Crippen molar-refractivity contribution in [1.29, 1.82) is 0 Å². The third-order valence-electron chi connectivity index (χ3n) is 4.90. The van der Waals surface area contributed by atoms with E-state index in [-0.39, 0.29) is 12.1 Å². The van der Waals surface area contributed by atoms with Crippen LogP contribution in [0.4, 0.5) is 4.79 Å². The number of carboxylic acids is 1. The number of hydrogen-bond donors (Lipinski definition) is 3. The van der Waals surface area contributed by atoms with Crippen LogP contribution in [0.3, 0.4) is 0 Å². The minimum atomic E-state index is -1.06. The van der Waals surface area contributed by atoms with Crippen molar-refractivity contribution in [2.24, 2.45) is 5.92 Å². The van der Waals surface area contributed by atoms with Crippen molar-refractivity contribution in [3.63, 3.8) is 0 Å². The van der Waals surface area contributed by atoms with E-state index in [1.807, 2.05) is 0 Å². The Morgan fingerprint density at radius 1 is 1.05 bits per heavy atom. The minimum Gasteiger partial charge on any atom is -0.480 e. The lowest BCUT2D eigenvalue weighted by Crippen LogP contribution is -2.59. The molecule has 2 saturated carbocycles. The van der Waals surface area contributed by atoms with Gasteiger partial charge in [0.25, 0.3) is 0 Å². The quantitative estimate of drug-likeness (QED) is 0.744. The van der Waals surface area contributed by atoms with Gasteiger partial charge in [-0.15, -0.1) is 0 Å². The van der Waals surface area contributed by atoms with Crippen LogP contribution in [0.1, 0.15) is 64.7 Å². The summed E-state index contributed by atoms with van der Waals surface area (Å²) >= 11 is 0. The van der Waals surface area contributed by atoms with Crippen LogP contribution in [0.5, 0.6) is 0 Å². The molecule has 2 atom stereocenters. The Labute approximate surface area is 120 Å². The summed E-state index contributed by atoms with van der Waals surface area (Å²) in [7, 11) is 0. The topological polar surface area (TPSA) is 78.4 Å². The van der Waals surface area contributed by atoms with Gasteiger partial charge in [0.2, 0.25) is 0 Å². The van der Waals surface area contributed by atoms with Gasteiger partial charge in [-0.1, -0.05) is 39.0 Å². The zero-order valence-electron chi connectivity index (χ0n) is 12.3. The fourth-order valence-corrected chi connectivity index (χ4v) is 3.50. The molecule has 20 heavy (non-hydrogen) atoms. The molecule has 0 bridgehead atoms. The molecule has 0 saturated heterocycles. The van der Waals surface area contributed by atoms with Crippen molar-refractivity contribution in [2.75, 3.05) is 0 Å². The van der Waals surface area contributed by atoms with Gasteiger partial charge in [-0.05, 0) is 31.6 Å². The molecule has 2 fully saturated rings. The summed E-state index contributed by atoms with van der Waals surface area (Å²) in [5.74, 6) is -0.425. The largest absolute Gasteiger partial charge is 0.480 e. The lowest BCUT2D eigenvalue weighted by molar-refractivity contribution is -0.145. The smallest absolute Gasteiger partial charge is 0.329 e. The molecule has 2 aliphatic carbocycles. The van der Waals surface area contributed by atoms with Gasteiger partial charge in [0.05, 0.1) is 0 Å². The second-order valence-electron chi connectivity index (χ2n) is 6.41. The second kappa shape index (κ2) is 6.46. The second-order valence-corrected chi connectivity index (χ2v) is 6.41. The summed E-state index contributed by atoms with van der Waals surface area (Å²) in [6, 6.07) is -0.133. The van der Waals surface area contributed by atoms with Crippen molar-refractivity contribution in [3.05, 3.63) is 0 Å². The molecule has 114 valence electrons. The van der Waals surface area contributed by atoms with Gasteiger partial charge < -0.3 is 15.7 Å². The number of rotatable bonds is 3. The molecule has 0 radical (unpaired) electrons. The Kier molecular flexibility index (Phi) is 4.89. The first-order chi connectivity index (χ1) is 9.53. The lowest BCUT2D eigenvalue weighted by Gasteiger charge is -2.36. The zero-order valence-corrected chi connectivity index (χ0v) is 12.3. The molecule has 0 aromatic carbocycles. The summed E-state index contributed by atoms with van der Waals surface area (Å²) < 4.78 is 0. The van der Waals surface area contributed by atoms with E-state index in [1.54, 1.807) is 0 Å². The van der Waals surface area contributed by atoms with Crippen LogP contribution < -0.4 is 10.6 Å². The predicted octanol–water partition coefficient (Wildman–Crippen LogP) is 2.65. The molecule has 0 aromatic rings. The number of carbonyl (C=O) groups is 2. The molecule has 2 unspecified atom stereocenters. The Morgan fingerprint density at radius 2 is 1.70 bits per heavy atom. The molecule has 2 rings (SSSR count). The van der Waals surface area contributed by atoms with Crippen LogP contribution in [-0.4, -0.2) is 28.7 Å². The van der Waals surface area contributed by atoms with Gasteiger partial charge in [-0.3, -0.25) is 0 Å². The first kappa shape index (κ1) is 15.1. The number of nitrogens with one attached hydrogen (secondary N) is 2. The highest BCUT2D eigenvalue weighted by atomic mass is 16.4. The van der Waals surface area contributed by atoms with Gasteiger partial charge in [-0.2, -0.15) is 0 Å². The van der Waals surface area contributed by atoms with Crippen molar-refractivity contribution < 1.29 is 14.7 Å². The maximum Gasteiger partial charge on any atom is 0.329 e. The van der Waals surface area contributed by atoms with Crippen molar-refractivity contribution in [3.8, 4) is 0 Å². The van der Waals surface area contributed by atoms with E-state index in [9.17, 15) is 14.7 Å². The van der Waals surface area contributed by atoms with Crippen LogP contribution in [0.15, 0.2) is 0 Å². The van der Waals surface area contributed by atoms with E-state index >= 15 is 0 Å². The molecule has 0 aliphatic heterocycles. The third kappa shape index (κ3) is 3.44. The first-order valence-corrected chi connectivity index (χ1v) is 7.85. The highest BCUT2D eigenvalue weighted by Gasteiger charge is 2.41. The molecule has 0 aromatic heterocycles. The SMILES string of the molecule is CC1CCCCC1NC(=O)NC1(C(=O)O)CCCCC1.